The van der Waals surface area contributed by atoms with Gasteiger partial charge in [0.25, 0.3) is 0 Å². The van der Waals surface area contributed by atoms with Crippen LogP contribution in [0.15, 0.2) is 17.5 Å². The van der Waals surface area contributed by atoms with E-state index >= 15 is 0 Å². The van der Waals surface area contributed by atoms with Gasteiger partial charge in [0.1, 0.15) is 6.04 Å². The van der Waals surface area contributed by atoms with Gasteiger partial charge in [-0.15, -0.1) is 11.3 Å². The van der Waals surface area contributed by atoms with Gasteiger partial charge in [-0.2, -0.15) is 5.10 Å². The summed E-state index contributed by atoms with van der Waals surface area (Å²) in [6.45, 7) is 4.00. The van der Waals surface area contributed by atoms with Crippen LogP contribution in [0, 0.1) is 4.77 Å². The van der Waals surface area contributed by atoms with Crippen LogP contribution in [0.1, 0.15) is 45.6 Å². The fourth-order valence-electron chi connectivity index (χ4n) is 3.04. The molecule has 0 aromatic carbocycles. The van der Waals surface area contributed by atoms with Crippen molar-refractivity contribution >= 4 is 29.5 Å². The molecule has 2 N–H and O–H groups in total. The quantitative estimate of drug-likeness (QED) is 0.837. The van der Waals surface area contributed by atoms with E-state index in [1.165, 1.54) is 12.8 Å². The first-order valence-electron chi connectivity index (χ1n) is 7.53. The van der Waals surface area contributed by atoms with Gasteiger partial charge in [0.15, 0.2) is 10.6 Å². The monoisotopic (exact) mass is 336 g/mol. The number of rotatable bonds is 4. The molecule has 0 bridgehead atoms. The average Bonchev–Trinajstić information content (AvgIpc) is 3.18. The lowest BCUT2D eigenvalue weighted by atomic mass is 10.0. The van der Waals surface area contributed by atoms with Gasteiger partial charge in [-0.1, -0.05) is 18.9 Å². The minimum Gasteiger partial charge on any atom is -0.349 e. The Kier molecular flexibility index (Phi) is 4.18. The van der Waals surface area contributed by atoms with E-state index in [1.807, 2.05) is 24.4 Å². The van der Waals surface area contributed by atoms with Crippen LogP contribution < -0.4 is 5.32 Å². The van der Waals surface area contributed by atoms with Gasteiger partial charge in [-0.25, -0.2) is 0 Å². The first-order chi connectivity index (χ1) is 10.5. The maximum absolute atomic E-state index is 12.7. The molecule has 1 aliphatic carbocycles. The summed E-state index contributed by atoms with van der Waals surface area (Å²) in [6.07, 6.45) is 4.44. The van der Waals surface area contributed by atoms with E-state index in [1.54, 1.807) is 15.9 Å². The average molecular weight is 336 g/mol. The van der Waals surface area contributed by atoms with Crippen LogP contribution in [0.2, 0.25) is 0 Å². The number of aromatic nitrogens is 3. The summed E-state index contributed by atoms with van der Waals surface area (Å²) < 4.78 is 2.28. The highest BCUT2D eigenvalue weighted by molar-refractivity contribution is 7.71. The number of aromatic amines is 1. The van der Waals surface area contributed by atoms with Crippen LogP contribution in [0.25, 0.3) is 10.7 Å². The van der Waals surface area contributed by atoms with Gasteiger partial charge in [-0.3, -0.25) is 14.5 Å². The lowest BCUT2D eigenvalue weighted by Crippen LogP contribution is -2.46. The van der Waals surface area contributed by atoms with Gasteiger partial charge < -0.3 is 5.32 Å². The van der Waals surface area contributed by atoms with Crippen molar-refractivity contribution in [2.45, 2.75) is 51.1 Å². The van der Waals surface area contributed by atoms with E-state index < -0.39 is 0 Å². The molecule has 1 saturated carbocycles. The summed E-state index contributed by atoms with van der Waals surface area (Å²) in [5.41, 5.74) is -0.0830. The standard InChI is InChI=1S/C15H20N4OS2/c1-10(13(20)16-15(2)7-3-4-8-15)19-12(17-18-14(19)21)11-6-5-9-22-11/h5-6,9-10H,3-4,7-8H2,1-2H3,(H,16,20)(H,18,21). The van der Waals surface area contributed by atoms with Crippen molar-refractivity contribution in [2.75, 3.05) is 0 Å². The molecule has 5 nitrogen and oxygen atoms in total. The maximum Gasteiger partial charge on any atom is 0.243 e. The minimum atomic E-state index is -0.388. The highest BCUT2D eigenvalue weighted by Gasteiger charge is 2.32. The summed E-state index contributed by atoms with van der Waals surface area (Å²) in [5, 5.41) is 12.3. The zero-order valence-electron chi connectivity index (χ0n) is 12.8. The molecule has 1 aliphatic rings. The van der Waals surface area contributed by atoms with Crippen molar-refractivity contribution in [1.29, 1.82) is 0 Å². The minimum absolute atomic E-state index is 0.000272. The molecule has 7 heteroatoms. The highest BCUT2D eigenvalue weighted by atomic mass is 32.1. The molecule has 2 heterocycles. The second kappa shape index (κ2) is 5.96. The third-order valence-corrected chi connectivity index (χ3v) is 5.50. The Morgan fingerprint density at radius 2 is 2.27 bits per heavy atom. The van der Waals surface area contributed by atoms with Gasteiger partial charge >= 0.3 is 0 Å². The maximum atomic E-state index is 12.7. The molecule has 0 saturated heterocycles. The molecule has 0 aliphatic heterocycles. The molecule has 118 valence electrons. The van der Waals surface area contributed by atoms with Crippen molar-refractivity contribution < 1.29 is 4.79 Å². The molecule has 1 amide bonds. The predicted molar refractivity (Wildman–Crippen MR) is 90.5 cm³/mol. The van der Waals surface area contributed by atoms with Crippen LogP contribution in [-0.2, 0) is 4.79 Å². The van der Waals surface area contributed by atoms with Crippen LogP contribution in [0.3, 0.4) is 0 Å². The molecule has 1 fully saturated rings. The Hall–Kier alpha value is -1.47. The Labute approximate surface area is 138 Å². The number of nitrogens with zero attached hydrogens (tertiary/aromatic N) is 2. The second-order valence-corrected chi connectivity index (χ2v) is 7.47. The molecule has 1 atom stereocenters. The van der Waals surface area contributed by atoms with Crippen molar-refractivity contribution in [3.05, 3.63) is 22.3 Å². The van der Waals surface area contributed by atoms with Gasteiger partial charge in [0.05, 0.1) is 4.88 Å². The summed E-state index contributed by atoms with van der Waals surface area (Å²) in [4.78, 5) is 13.7. The number of carbonyl (C=O) groups is 1. The van der Waals surface area contributed by atoms with Gasteiger partial charge in [0.2, 0.25) is 5.91 Å². The number of hydrogen-bond donors (Lipinski definition) is 2. The smallest absolute Gasteiger partial charge is 0.243 e. The molecule has 0 spiro atoms. The number of H-pyrrole nitrogens is 1. The number of amides is 1. The number of carbonyl (C=O) groups excluding carboxylic acids is 1. The molecular formula is C15H20N4OS2. The van der Waals surface area contributed by atoms with E-state index in [4.69, 9.17) is 12.2 Å². The molecule has 2 aromatic rings. The normalized spacial score (nSPS) is 18.3. The molecule has 3 rings (SSSR count). The van der Waals surface area contributed by atoms with Crippen LogP contribution in [-0.4, -0.2) is 26.2 Å². The zero-order chi connectivity index (χ0) is 15.7. The lowest BCUT2D eigenvalue weighted by Gasteiger charge is -2.27. The zero-order valence-corrected chi connectivity index (χ0v) is 14.4. The van der Waals surface area contributed by atoms with Crippen molar-refractivity contribution in [2.24, 2.45) is 0 Å². The third-order valence-electron chi connectivity index (χ3n) is 4.34. The lowest BCUT2D eigenvalue weighted by molar-refractivity contribution is -0.125. The number of nitrogens with one attached hydrogen (secondary N) is 2. The van der Waals surface area contributed by atoms with E-state index in [-0.39, 0.29) is 17.5 Å². The van der Waals surface area contributed by atoms with E-state index in [0.29, 0.717) is 4.77 Å². The highest BCUT2D eigenvalue weighted by Crippen LogP contribution is 2.30. The SMILES string of the molecule is CC(C(=O)NC1(C)CCCC1)n1c(-c2cccs2)n[nH]c1=S. The first kappa shape index (κ1) is 15.4. The van der Waals surface area contributed by atoms with Crippen LogP contribution in [0.5, 0.6) is 0 Å². The van der Waals surface area contributed by atoms with E-state index in [2.05, 4.69) is 22.4 Å². The Morgan fingerprint density at radius 1 is 1.55 bits per heavy atom. The topological polar surface area (TPSA) is 62.7 Å². The third kappa shape index (κ3) is 2.87. The molecule has 0 radical (unpaired) electrons. The largest absolute Gasteiger partial charge is 0.349 e. The predicted octanol–water partition coefficient (Wildman–Crippen LogP) is 3.68. The fourth-order valence-corrected chi connectivity index (χ4v) is 4.04. The Balaban J connectivity index is 1.86. The Bertz CT molecular complexity index is 710. The van der Waals surface area contributed by atoms with Gasteiger partial charge in [-0.05, 0) is 50.4 Å². The number of thiophene rings is 1. The van der Waals surface area contributed by atoms with E-state index in [0.717, 1.165) is 23.5 Å². The molecule has 1 unspecified atom stereocenters. The molecule has 22 heavy (non-hydrogen) atoms. The van der Waals surface area contributed by atoms with Crippen molar-refractivity contribution in [1.82, 2.24) is 20.1 Å². The molecule has 2 aromatic heterocycles. The van der Waals surface area contributed by atoms with Crippen LogP contribution >= 0.6 is 23.6 Å². The second-order valence-electron chi connectivity index (χ2n) is 6.13. The van der Waals surface area contributed by atoms with Crippen molar-refractivity contribution in [3.8, 4) is 10.7 Å². The summed E-state index contributed by atoms with van der Waals surface area (Å²) in [6, 6.07) is 3.56. The van der Waals surface area contributed by atoms with Crippen LogP contribution in [0.4, 0.5) is 0 Å². The van der Waals surface area contributed by atoms with E-state index in [9.17, 15) is 4.79 Å². The fraction of sp³-hybridized carbons (Fsp3) is 0.533. The van der Waals surface area contributed by atoms with Crippen molar-refractivity contribution in [3.63, 3.8) is 0 Å². The summed E-state index contributed by atoms with van der Waals surface area (Å²) >= 11 is 6.91. The number of hydrogen-bond acceptors (Lipinski definition) is 4. The Morgan fingerprint density at radius 3 is 2.91 bits per heavy atom. The van der Waals surface area contributed by atoms with Gasteiger partial charge in [0, 0.05) is 5.54 Å². The first-order valence-corrected chi connectivity index (χ1v) is 8.82. The summed E-state index contributed by atoms with van der Waals surface area (Å²) in [7, 11) is 0. The molecular weight excluding hydrogens is 316 g/mol. The summed E-state index contributed by atoms with van der Waals surface area (Å²) in [5.74, 6) is 0.721.